The zero-order valence-corrected chi connectivity index (χ0v) is 16.5. The van der Waals surface area contributed by atoms with E-state index in [1.54, 1.807) is 17.7 Å². The smallest absolute Gasteiger partial charge is 0.208 e. The molecular weight excluding hydrogens is 376 g/mol. The van der Waals surface area contributed by atoms with Gasteiger partial charge in [-0.2, -0.15) is 0 Å². The molecule has 1 aliphatic carbocycles. The van der Waals surface area contributed by atoms with Gasteiger partial charge in [0.05, 0.1) is 5.75 Å². The molecule has 0 spiro atoms. The summed E-state index contributed by atoms with van der Waals surface area (Å²) >= 11 is 3.27. The lowest BCUT2D eigenvalue weighted by molar-refractivity contribution is 0.0994. The van der Waals surface area contributed by atoms with Gasteiger partial charge in [-0.05, 0) is 42.9 Å². The third-order valence-corrected chi connectivity index (χ3v) is 7.25. The van der Waals surface area contributed by atoms with Gasteiger partial charge in [0.15, 0.2) is 5.76 Å². The van der Waals surface area contributed by atoms with E-state index in [4.69, 9.17) is 4.42 Å². The number of para-hydroxylation sites is 1. The highest BCUT2D eigenvalue weighted by Gasteiger charge is 2.23. The van der Waals surface area contributed by atoms with Crippen LogP contribution in [-0.4, -0.2) is 21.5 Å². The summed E-state index contributed by atoms with van der Waals surface area (Å²) in [4.78, 5) is 24.1. The van der Waals surface area contributed by atoms with Crippen molar-refractivity contribution in [3.8, 4) is 0 Å². The average Bonchev–Trinajstić information content (AvgIpc) is 3.26. The fourth-order valence-corrected chi connectivity index (χ4v) is 5.99. The third-order valence-electron chi connectivity index (χ3n) is 5.10. The second-order valence-electron chi connectivity index (χ2n) is 7.07. The number of aromatic nitrogens is 2. The first kappa shape index (κ1) is 17.0. The standard InChI is InChI=1S/C21H18N2O2S2/c1-12-6-7-14-18(8-12)27-21-19(14)20(22-11-23-21)26-10-15(24)17-9-13-4-2-3-5-16(13)25-17/h2-5,9,11-12H,6-8,10H2,1H3/t12-/m0/s1. The first-order valence-corrected chi connectivity index (χ1v) is 10.9. The summed E-state index contributed by atoms with van der Waals surface area (Å²) in [6, 6.07) is 9.51. The van der Waals surface area contributed by atoms with E-state index in [1.807, 2.05) is 30.3 Å². The summed E-state index contributed by atoms with van der Waals surface area (Å²) in [5, 5.41) is 3.03. The number of Topliss-reactive ketones (excluding diaryl/α,β-unsaturated/α-hetero) is 1. The third kappa shape index (κ3) is 3.07. The molecule has 5 rings (SSSR count). The molecule has 1 aliphatic rings. The number of carbonyl (C=O) groups is 1. The summed E-state index contributed by atoms with van der Waals surface area (Å²) in [5.74, 6) is 1.44. The molecule has 0 saturated heterocycles. The predicted octanol–water partition coefficient (Wildman–Crippen LogP) is 5.54. The molecule has 0 fully saturated rings. The molecule has 4 nitrogen and oxygen atoms in total. The number of fused-ring (bicyclic) bond motifs is 4. The first-order valence-electron chi connectivity index (χ1n) is 9.09. The summed E-state index contributed by atoms with van der Waals surface area (Å²) in [6.07, 6.45) is 5.02. The number of ketones is 1. The molecule has 4 aromatic rings. The number of nitrogens with zero attached hydrogens (tertiary/aromatic N) is 2. The normalized spacial score (nSPS) is 16.7. The van der Waals surface area contributed by atoms with Gasteiger partial charge in [0, 0.05) is 15.6 Å². The van der Waals surface area contributed by atoms with Crippen molar-refractivity contribution >= 4 is 50.1 Å². The molecule has 0 N–H and O–H groups in total. The topological polar surface area (TPSA) is 56.0 Å². The molecule has 136 valence electrons. The molecule has 0 amide bonds. The van der Waals surface area contributed by atoms with Crippen molar-refractivity contribution in [1.29, 1.82) is 0 Å². The Morgan fingerprint density at radius 3 is 3.11 bits per heavy atom. The van der Waals surface area contributed by atoms with Crippen molar-refractivity contribution in [1.82, 2.24) is 9.97 Å². The fraction of sp³-hybridized carbons (Fsp3) is 0.286. The van der Waals surface area contributed by atoms with Crippen molar-refractivity contribution < 1.29 is 9.21 Å². The van der Waals surface area contributed by atoms with E-state index < -0.39 is 0 Å². The molecule has 1 aromatic carbocycles. The molecule has 3 heterocycles. The zero-order valence-electron chi connectivity index (χ0n) is 14.9. The Morgan fingerprint density at radius 1 is 1.33 bits per heavy atom. The Morgan fingerprint density at radius 2 is 2.22 bits per heavy atom. The van der Waals surface area contributed by atoms with Gasteiger partial charge in [0.1, 0.15) is 21.8 Å². The average molecular weight is 395 g/mol. The lowest BCUT2D eigenvalue weighted by Gasteiger charge is -2.18. The number of aryl methyl sites for hydroxylation is 1. The minimum atomic E-state index is -0.0133. The number of furan rings is 1. The Labute approximate surface area is 165 Å². The summed E-state index contributed by atoms with van der Waals surface area (Å²) in [5.41, 5.74) is 2.14. The quantitative estimate of drug-likeness (QED) is 0.258. The van der Waals surface area contributed by atoms with Crippen LogP contribution < -0.4 is 0 Å². The Bertz CT molecular complexity index is 1130. The number of hydrogen-bond acceptors (Lipinski definition) is 6. The Balaban J connectivity index is 1.42. The van der Waals surface area contributed by atoms with Crippen molar-refractivity contribution in [3.05, 3.63) is 52.9 Å². The largest absolute Gasteiger partial charge is 0.453 e. The number of thioether (sulfide) groups is 1. The van der Waals surface area contributed by atoms with Gasteiger partial charge < -0.3 is 4.42 Å². The molecule has 1 atom stereocenters. The molecule has 0 saturated carbocycles. The summed E-state index contributed by atoms with van der Waals surface area (Å²) in [7, 11) is 0. The van der Waals surface area contributed by atoms with Crippen LogP contribution in [0.4, 0.5) is 0 Å². The van der Waals surface area contributed by atoms with Crippen LogP contribution in [0, 0.1) is 5.92 Å². The van der Waals surface area contributed by atoms with Crippen molar-refractivity contribution in [2.75, 3.05) is 5.75 Å². The van der Waals surface area contributed by atoms with Gasteiger partial charge in [-0.15, -0.1) is 11.3 Å². The van der Waals surface area contributed by atoms with Crippen LogP contribution in [0.15, 0.2) is 46.1 Å². The Hall–Kier alpha value is -2.18. The molecule has 6 heteroatoms. The van der Waals surface area contributed by atoms with E-state index in [9.17, 15) is 4.79 Å². The molecule has 3 aromatic heterocycles. The highest BCUT2D eigenvalue weighted by molar-refractivity contribution is 8.00. The predicted molar refractivity (Wildman–Crippen MR) is 110 cm³/mol. The maximum atomic E-state index is 12.6. The van der Waals surface area contributed by atoms with E-state index >= 15 is 0 Å². The van der Waals surface area contributed by atoms with Crippen LogP contribution in [0.5, 0.6) is 0 Å². The van der Waals surface area contributed by atoms with Crippen molar-refractivity contribution in [2.45, 2.75) is 31.2 Å². The van der Waals surface area contributed by atoms with E-state index in [2.05, 4.69) is 16.9 Å². The zero-order chi connectivity index (χ0) is 18.4. The summed E-state index contributed by atoms with van der Waals surface area (Å²) < 4.78 is 5.70. The minimum Gasteiger partial charge on any atom is -0.453 e. The number of thiophene rings is 1. The maximum Gasteiger partial charge on any atom is 0.208 e. The molecule has 0 bridgehead atoms. The first-order chi connectivity index (χ1) is 13.2. The second kappa shape index (κ2) is 6.77. The highest BCUT2D eigenvalue weighted by atomic mass is 32.2. The van der Waals surface area contributed by atoms with Crippen LogP contribution in [0.2, 0.25) is 0 Å². The van der Waals surface area contributed by atoms with Crippen LogP contribution in [-0.2, 0) is 12.8 Å². The van der Waals surface area contributed by atoms with Crippen molar-refractivity contribution in [3.63, 3.8) is 0 Å². The molecule has 27 heavy (non-hydrogen) atoms. The van der Waals surface area contributed by atoms with E-state index in [1.165, 1.54) is 28.6 Å². The number of carbonyl (C=O) groups excluding carboxylic acids is 1. The maximum absolute atomic E-state index is 12.6. The highest BCUT2D eigenvalue weighted by Crippen LogP contribution is 2.40. The number of benzene rings is 1. The lowest BCUT2D eigenvalue weighted by atomic mass is 9.89. The van der Waals surface area contributed by atoms with Crippen LogP contribution in [0.3, 0.4) is 0 Å². The fourth-order valence-electron chi connectivity index (χ4n) is 3.68. The van der Waals surface area contributed by atoms with Gasteiger partial charge >= 0.3 is 0 Å². The van der Waals surface area contributed by atoms with Gasteiger partial charge in [-0.25, -0.2) is 9.97 Å². The van der Waals surface area contributed by atoms with Gasteiger partial charge in [-0.1, -0.05) is 36.9 Å². The lowest BCUT2D eigenvalue weighted by Crippen LogP contribution is -2.08. The monoisotopic (exact) mass is 394 g/mol. The van der Waals surface area contributed by atoms with Crippen molar-refractivity contribution in [2.24, 2.45) is 5.92 Å². The summed E-state index contributed by atoms with van der Waals surface area (Å²) in [6.45, 7) is 2.31. The van der Waals surface area contributed by atoms with Crippen LogP contribution in [0.1, 0.15) is 34.3 Å². The molecule has 0 unspecified atom stereocenters. The molecule has 0 aliphatic heterocycles. The minimum absolute atomic E-state index is 0.0133. The molecule has 0 radical (unpaired) electrons. The number of rotatable bonds is 4. The SMILES string of the molecule is C[C@H]1CCc2c(sc3ncnc(SCC(=O)c4cc5ccccc5o4)c23)C1. The molecular formula is C21H18N2O2S2. The van der Waals surface area contributed by atoms with Gasteiger partial charge in [0.25, 0.3) is 0 Å². The van der Waals surface area contributed by atoms with E-state index in [0.29, 0.717) is 11.5 Å². The van der Waals surface area contributed by atoms with Crippen LogP contribution >= 0.6 is 23.1 Å². The van der Waals surface area contributed by atoms with Gasteiger partial charge in [0.2, 0.25) is 5.78 Å². The second-order valence-corrected chi connectivity index (χ2v) is 9.12. The van der Waals surface area contributed by atoms with E-state index in [0.717, 1.165) is 45.0 Å². The van der Waals surface area contributed by atoms with E-state index in [-0.39, 0.29) is 5.78 Å². The Kier molecular flexibility index (Phi) is 4.25. The van der Waals surface area contributed by atoms with Gasteiger partial charge in [-0.3, -0.25) is 4.79 Å². The van der Waals surface area contributed by atoms with Crippen LogP contribution in [0.25, 0.3) is 21.2 Å². The number of hydrogen-bond donors (Lipinski definition) is 0.